The summed E-state index contributed by atoms with van der Waals surface area (Å²) in [6.07, 6.45) is 0.571. The summed E-state index contributed by atoms with van der Waals surface area (Å²) >= 11 is 3.18. The van der Waals surface area contributed by atoms with Crippen molar-refractivity contribution in [3.8, 4) is 0 Å². The van der Waals surface area contributed by atoms with Gasteiger partial charge in [0.2, 0.25) is 10.0 Å². The van der Waals surface area contributed by atoms with Crippen LogP contribution in [0.3, 0.4) is 0 Å². The molecule has 0 bridgehead atoms. The third-order valence-electron chi connectivity index (χ3n) is 3.34. The van der Waals surface area contributed by atoms with Crippen molar-refractivity contribution in [1.82, 2.24) is 4.72 Å². The molecule has 1 saturated heterocycles. The zero-order valence-corrected chi connectivity index (χ0v) is 14.3. The standard InChI is InChI=1S/C12H16BrNO5S2/c13-11-7-9(8-15)1-2-12(11)21(18,19)14-10-3-5-20(16,17)6-4-10/h1-2,7,10,14-15H,3-6,8H2. The Morgan fingerprint density at radius 3 is 2.43 bits per heavy atom. The first-order valence-corrected chi connectivity index (χ1v) is 10.5. The first-order valence-electron chi connectivity index (χ1n) is 6.35. The fraction of sp³-hybridized carbons (Fsp3) is 0.500. The third-order valence-corrected chi connectivity index (χ3v) is 7.56. The number of nitrogens with one attached hydrogen (secondary N) is 1. The molecule has 0 spiro atoms. The SMILES string of the molecule is O=S1(=O)CCC(NS(=O)(=O)c2ccc(CO)cc2Br)CC1. The number of rotatable bonds is 4. The molecule has 1 aromatic rings. The van der Waals surface area contributed by atoms with Crippen molar-refractivity contribution < 1.29 is 21.9 Å². The van der Waals surface area contributed by atoms with E-state index in [2.05, 4.69) is 20.7 Å². The highest BCUT2D eigenvalue weighted by molar-refractivity contribution is 9.10. The monoisotopic (exact) mass is 397 g/mol. The predicted molar refractivity (Wildman–Crippen MR) is 82.1 cm³/mol. The lowest BCUT2D eigenvalue weighted by atomic mass is 10.2. The Morgan fingerprint density at radius 2 is 1.90 bits per heavy atom. The van der Waals surface area contributed by atoms with Gasteiger partial charge in [-0.2, -0.15) is 0 Å². The van der Waals surface area contributed by atoms with Crippen LogP contribution in [-0.4, -0.2) is 39.5 Å². The molecule has 1 fully saturated rings. The number of aliphatic hydroxyl groups is 1. The first-order chi connectivity index (χ1) is 9.73. The lowest BCUT2D eigenvalue weighted by Gasteiger charge is -2.23. The molecular formula is C12H16BrNO5S2. The van der Waals surface area contributed by atoms with Crippen LogP contribution in [0.4, 0.5) is 0 Å². The van der Waals surface area contributed by atoms with Gasteiger partial charge in [0, 0.05) is 10.5 Å². The Bertz CT molecular complexity index is 716. The zero-order valence-electron chi connectivity index (χ0n) is 11.1. The Labute approximate surface area is 132 Å². The van der Waals surface area contributed by atoms with E-state index in [9.17, 15) is 16.8 Å². The predicted octanol–water partition coefficient (Wildman–Crippen LogP) is 0.797. The summed E-state index contributed by atoms with van der Waals surface area (Å²) in [6.45, 7) is -0.174. The van der Waals surface area contributed by atoms with Crippen molar-refractivity contribution in [3.63, 3.8) is 0 Å². The molecule has 9 heteroatoms. The quantitative estimate of drug-likeness (QED) is 0.782. The van der Waals surface area contributed by atoms with Crippen LogP contribution < -0.4 is 4.72 Å². The van der Waals surface area contributed by atoms with E-state index in [1.165, 1.54) is 12.1 Å². The minimum Gasteiger partial charge on any atom is -0.392 e. The summed E-state index contributed by atoms with van der Waals surface area (Å²) in [5.74, 6) is 0.00954. The van der Waals surface area contributed by atoms with Gasteiger partial charge in [0.25, 0.3) is 0 Å². The maximum absolute atomic E-state index is 12.3. The molecule has 0 atom stereocenters. The van der Waals surface area contributed by atoms with Gasteiger partial charge < -0.3 is 5.11 Å². The third kappa shape index (κ3) is 4.26. The molecule has 21 heavy (non-hydrogen) atoms. The van der Waals surface area contributed by atoms with Crippen LogP contribution in [0.15, 0.2) is 27.6 Å². The van der Waals surface area contributed by atoms with Crippen LogP contribution in [0.2, 0.25) is 0 Å². The van der Waals surface area contributed by atoms with Crippen molar-refractivity contribution in [2.24, 2.45) is 0 Å². The van der Waals surface area contributed by atoms with E-state index in [-0.39, 0.29) is 41.9 Å². The van der Waals surface area contributed by atoms with Gasteiger partial charge in [-0.15, -0.1) is 0 Å². The molecule has 118 valence electrons. The van der Waals surface area contributed by atoms with Crippen LogP contribution >= 0.6 is 15.9 Å². The Kier molecular flexibility index (Phi) is 5.09. The summed E-state index contributed by atoms with van der Waals surface area (Å²) in [5.41, 5.74) is 0.601. The van der Waals surface area contributed by atoms with Gasteiger partial charge in [-0.3, -0.25) is 0 Å². The highest BCUT2D eigenvalue weighted by atomic mass is 79.9. The Morgan fingerprint density at radius 1 is 1.29 bits per heavy atom. The molecule has 1 aromatic carbocycles. The molecule has 1 aliphatic heterocycles. The molecule has 0 amide bonds. The van der Waals surface area contributed by atoms with Crippen LogP contribution in [0, 0.1) is 0 Å². The lowest BCUT2D eigenvalue weighted by molar-refractivity contribution is 0.281. The van der Waals surface area contributed by atoms with Crippen molar-refractivity contribution in [2.45, 2.75) is 30.4 Å². The molecule has 6 nitrogen and oxygen atoms in total. The van der Waals surface area contributed by atoms with E-state index >= 15 is 0 Å². The maximum Gasteiger partial charge on any atom is 0.241 e. The number of sulfonamides is 1. The van der Waals surface area contributed by atoms with Crippen LogP contribution in [0.5, 0.6) is 0 Å². The van der Waals surface area contributed by atoms with Gasteiger partial charge >= 0.3 is 0 Å². The molecule has 0 radical (unpaired) electrons. The van der Waals surface area contributed by atoms with E-state index in [4.69, 9.17) is 5.11 Å². The highest BCUT2D eigenvalue weighted by Gasteiger charge is 2.28. The van der Waals surface area contributed by atoms with Gasteiger partial charge in [-0.25, -0.2) is 21.6 Å². The topological polar surface area (TPSA) is 101 Å². The number of benzene rings is 1. The summed E-state index contributed by atoms with van der Waals surface area (Å²) in [6, 6.07) is 4.12. The summed E-state index contributed by atoms with van der Waals surface area (Å²) in [5, 5.41) is 9.02. The van der Waals surface area contributed by atoms with E-state index in [1.807, 2.05) is 0 Å². The summed E-state index contributed by atoms with van der Waals surface area (Å²) < 4.78 is 50.3. The second kappa shape index (κ2) is 6.33. The van der Waals surface area contributed by atoms with Gasteiger partial charge in [0.15, 0.2) is 0 Å². The van der Waals surface area contributed by atoms with Crippen molar-refractivity contribution in [1.29, 1.82) is 0 Å². The Hall–Kier alpha value is -0.480. The second-order valence-corrected chi connectivity index (χ2v) is 9.81. The number of halogens is 1. The number of hydrogen-bond acceptors (Lipinski definition) is 5. The van der Waals surface area contributed by atoms with Gasteiger partial charge in [0.1, 0.15) is 9.84 Å². The van der Waals surface area contributed by atoms with E-state index in [0.717, 1.165) is 0 Å². The highest BCUT2D eigenvalue weighted by Crippen LogP contribution is 2.24. The largest absolute Gasteiger partial charge is 0.392 e. The average Bonchev–Trinajstić information content (AvgIpc) is 2.40. The minimum absolute atomic E-state index is 0.00477. The minimum atomic E-state index is -3.73. The molecule has 0 aromatic heterocycles. The lowest BCUT2D eigenvalue weighted by Crippen LogP contribution is -2.40. The molecule has 0 saturated carbocycles. The summed E-state index contributed by atoms with van der Waals surface area (Å²) in [7, 11) is -6.75. The molecule has 2 N–H and O–H groups in total. The van der Waals surface area contributed by atoms with Gasteiger partial charge in [-0.1, -0.05) is 6.07 Å². The molecule has 0 unspecified atom stereocenters. The number of hydrogen-bond donors (Lipinski definition) is 2. The molecular weight excluding hydrogens is 382 g/mol. The van der Waals surface area contributed by atoms with Crippen molar-refractivity contribution in [3.05, 3.63) is 28.2 Å². The molecule has 1 aliphatic rings. The van der Waals surface area contributed by atoms with E-state index < -0.39 is 19.9 Å². The fourth-order valence-electron chi connectivity index (χ4n) is 2.15. The molecule has 0 aliphatic carbocycles. The van der Waals surface area contributed by atoms with Crippen molar-refractivity contribution in [2.75, 3.05) is 11.5 Å². The van der Waals surface area contributed by atoms with Crippen LogP contribution in [0.1, 0.15) is 18.4 Å². The van der Waals surface area contributed by atoms with Crippen molar-refractivity contribution >= 4 is 35.8 Å². The molecule has 2 rings (SSSR count). The van der Waals surface area contributed by atoms with E-state index in [0.29, 0.717) is 10.0 Å². The smallest absolute Gasteiger partial charge is 0.241 e. The Balaban J connectivity index is 2.16. The van der Waals surface area contributed by atoms with Gasteiger partial charge in [0.05, 0.1) is 23.0 Å². The number of sulfone groups is 1. The fourth-order valence-corrected chi connectivity index (χ4v) is 6.07. The normalized spacial score (nSPS) is 19.5. The van der Waals surface area contributed by atoms with Crippen LogP contribution in [0.25, 0.3) is 0 Å². The zero-order chi connectivity index (χ0) is 15.7. The average molecular weight is 398 g/mol. The van der Waals surface area contributed by atoms with Gasteiger partial charge in [-0.05, 0) is 46.5 Å². The first kappa shape index (κ1) is 16.9. The summed E-state index contributed by atoms with van der Waals surface area (Å²) in [4.78, 5) is 0.0770. The van der Waals surface area contributed by atoms with E-state index in [1.54, 1.807) is 6.07 Å². The van der Waals surface area contributed by atoms with Crippen LogP contribution in [-0.2, 0) is 26.5 Å². The number of aliphatic hydroxyl groups excluding tert-OH is 1. The maximum atomic E-state index is 12.3. The second-order valence-electron chi connectivity index (χ2n) is 4.97. The molecule has 1 heterocycles.